The molecule has 1 amide bonds. The molecule has 2 aliphatic rings. The molecule has 10 heteroatoms. The highest BCUT2D eigenvalue weighted by molar-refractivity contribution is 5.81. The van der Waals surface area contributed by atoms with Crippen molar-refractivity contribution in [2.75, 3.05) is 40.0 Å². The number of aromatic nitrogens is 1. The zero-order chi connectivity index (χ0) is 32.0. The smallest absolute Gasteiger partial charge is 0.407 e. The molecule has 4 rings (SSSR count). The van der Waals surface area contributed by atoms with Crippen LogP contribution in [0.15, 0.2) is 47.6 Å². The van der Waals surface area contributed by atoms with Crippen LogP contribution in [0.4, 0.5) is 4.79 Å². The number of alkyl carbamates (subject to hydrolysis) is 1. The third kappa shape index (κ3) is 10.5. The fourth-order valence-electron chi connectivity index (χ4n) is 5.48. The first-order chi connectivity index (χ1) is 21.9. The lowest BCUT2D eigenvalue weighted by Gasteiger charge is -2.32. The molecule has 3 atom stereocenters. The highest BCUT2D eigenvalue weighted by Crippen LogP contribution is 2.24. The Labute approximate surface area is 268 Å². The standard InChI is InChI=1S/C35H50N4O6/c1-6-18-36-35(40)42-24-34-33(44-29-11-9-28(41-5)10-12-29)14-13-30(45-34)17-21-43-38-25(4)15-19-39-20-16-32-27(23-39)22-26(7-2)31(8-3)37-32/h9-14,22,30,33-34H,6-8,15-21,23-24H2,1-5H3,(H,36,40)/b38-25+/t30-,33-,34+/m0/s1. The van der Waals surface area contributed by atoms with Crippen LogP contribution in [-0.4, -0.2) is 80.0 Å². The number of hydrogen-bond donors (Lipinski definition) is 1. The molecule has 3 heterocycles. The van der Waals surface area contributed by atoms with Crippen molar-refractivity contribution in [3.8, 4) is 11.5 Å². The number of aryl methyl sites for hydroxylation is 2. The van der Waals surface area contributed by atoms with Crippen molar-refractivity contribution in [3.05, 3.63) is 65.0 Å². The summed E-state index contributed by atoms with van der Waals surface area (Å²) in [6.07, 6.45) is 7.64. The van der Waals surface area contributed by atoms with Gasteiger partial charge < -0.3 is 29.1 Å². The van der Waals surface area contributed by atoms with E-state index in [2.05, 4.69) is 35.3 Å². The number of amides is 1. The summed E-state index contributed by atoms with van der Waals surface area (Å²) >= 11 is 0. The molecule has 1 aromatic heterocycles. The van der Waals surface area contributed by atoms with Crippen LogP contribution < -0.4 is 14.8 Å². The Morgan fingerprint density at radius 1 is 1.13 bits per heavy atom. The summed E-state index contributed by atoms with van der Waals surface area (Å²) in [5.41, 5.74) is 6.22. The number of oxime groups is 1. The minimum atomic E-state index is -0.480. The maximum Gasteiger partial charge on any atom is 0.407 e. The SMILES string of the molecule is CCCNC(=O)OC[C@H]1O[C@H](CCO/N=C(\C)CCN2CCc3nc(CC)c(CC)cc3C2)C=C[C@@H]1Oc1ccc(OC)cc1. The predicted molar refractivity (Wildman–Crippen MR) is 175 cm³/mol. The number of fused-ring (bicyclic) bond motifs is 1. The van der Waals surface area contributed by atoms with Crippen LogP contribution in [0.1, 0.15) is 69.5 Å². The minimum absolute atomic E-state index is 0.0614. The van der Waals surface area contributed by atoms with E-state index in [1.165, 1.54) is 22.5 Å². The molecule has 45 heavy (non-hydrogen) atoms. The first kappa shape index (κ1) is 34.2. The van der Waals surface area contributed by atoms with E-state index in [9.17, 15) is 4.79 Å². The van der Waals surface area contributed by atoms with Crippen molar-refractivity contribution < 1.29 is 28.6 Å². The second-order valence-corrected chi connectivity index (χ2v) is 11.5. The normalized spacial score (nSPS) is 19.9. The van der Waals surface area contributed by atoms with Gasteiger partial charge in [0.1, 0.15) is 36.9 Å². The Hall–Kier alpha value is -3.63. The lowest BCUT2D eigenvalue weighted by Crippen LogP contribution is -2.43. The summed E-state index contributed by atoms with van der Waals surface area (Å²) in [4.78, 5) is 25.2. The van der Waals surface area contributed by atoms with Crippen LogP contribution in [-0.2, 0) is 40.1 Å². The predicted octanol–water partition coefficient (Wildman–Crippen LogP) is 5.65. The van der Waals surface area contributed by atoms with Crippen molar-refractivity contribution >= 4 is 11.8 Å². The van der Waals surface area contributed by atoms with Gasteiger partial charge in [-0.05, 0) is 67.7 Å². The number of hydrogen-bond acceptors (Lipinski definition) is 9. The van der Waals surface area contributed by atoms with Crippen molar-refractivity contribution in [2.24, 2.45) is 5.16 Å². The fourth-order valence-corrected chi connectivity index (χ4v) is 5.48. The van der Waals surface area contributed by atoms with Crippen LogP contribution in [0, 0.1) is 0 Å². The van der Waals surface area contributed by atoms with Gasteiger partial charge in [0.25, 0.3) is 0 Å². The Bertz CT molecular complexity index is 1280. The molecule has 1 N–H and O–H groups in total. The molecule has 2 aromatic rings. The van der Waals surface area contributed by atoms with Crippen molar-refractivity contribution in [2.45, 2.75) is 91.1 Å². The molecule has 0 aliphatic carbocycles. The molecular formula is C35H50N4O6. The number of methoxy groups -OCH3 is 1. The van der Waals surface area contributed by atoms with Gasteiger partial charge in [-0.3, -0.25) is 9.88 Å². The minimum Gasteiger partial charge on any atom is -0.497 e. The number of nitrogens with zero attached hydrogens (tertiary/aromatic N) is 3. The summed E-state index contributed by atoms with van der Waals surface area (Å²) < 4.78 is 23.1. The Morgan fingerprint density at radius 2 is 1.93 bits per heavy atom. The highest BCUT2D eigenvalue weighted by atomic mass is 16.6. The largest absolute Gasteiger partial charge is 0.497 e. The van der Waals surface area contributed by atoms with Crippen molar-refractivity contribution in [1.82, 2.24) is 15.2 Å². The van der Waals surface area contributed by atoms with Crippen LogP contribution >= 0.6 is 0 Å². The Balaban J connectivity index is 1.24. The van der Waals surface area contributed by atoms with Gasteiger partial charge in [0.05, 0.1) is 18.9 Å². The quantitative estimate of drug-likeness (QED) is 0.111. The first-order valence-electron chi connectivity index (χ1n) is 16.4. The molecule has 246 valence electrons. The molecule has 0 radical (unpaired) electrons. The molecule has 0 saturated heterocycles. The lowest BCUT2D eigenvalue weighted by molar-refractivity contribution is -0.0808. The third-order valence-corrected chi connectivity index (χ3v) is 8.10. The van der Waals surface area contributed by atoms with Crippen LogP contribution in [0.2, 0.25) is 0 Å². The zero-order valence-corrected chi connectivity index (χ0v) is 27.5. The molecule has 0 bridgehead atoms. The van der Waals surface area contributed by atoms with Gasteiger partial charge in [0.15, 0.2) is 0 Å². The van der Waals surface area contributed by atoms with Crippen LogP contribution in [0.25, 0.3) is 0 Å². The second kappa shape index (κ2) is 17.8. The maximum atomic E-state index is 12.1. The number of pyridine rings is 1. The summed E-state index contributed by atoms with van der Waals surface area (Å²) in [6, 6.07) is 9.71. The van der Waals surface area contributed by atoms with E-state index >= 15 is 0 Å². The number of carbonyl (C=O) groups excluding carboxylic acids is 1. The summed E-state index contributed by atoms with van der Waals surface area (Å²) in [6.45, 7) is 12.3. The molecule has 2 aliphatic heterocycles. The van der Waals surface area contributed by atoms with E-state index in [0.29, 0.717) is 25.3 Å². The number of carbonyl (C=O) groups is 1. The topological polar surface area (TPSA) is 104 Å². The van der Waals surface area contributed by atoms with Crippen molar-refractivity contribution in [1.29, 1.82) is 0 Å². The highest BCUT2D eigenvalue weighted by Gasteiger charge is 2.30. The molecule has 0 spiro atoms. The monoisotopic (exact) mass is 622 g/mol. The van der Waals surface area contributed by atoms with Crippen LogP contribution in [0.3, 0.4) is 0 Å². The molecule has 0 unspecified atom stereocenters. The van der Waals surface area contributed by atoms with Gasteiger partial charge in [-0.15, -0.1) is 0 Å². The van der Waals surface area contributed by atoms with E-state index in [4.69, 9.17) is 28.8 Å². The van der Waals surface area contributed by atoms with E-state index in [0.717, 1.165) is 63.2 Å². The number of ether oxygens (including phenoxy) is 4. The van der Waals surface area contributed by atoms with Gasteiger partial charge in [-0.1, -0.05) is 38.1 Å². The lowest BCUT2D eigenvalue weighted by atomic mass is 9.99. The van der Waals surface area contributed by atoms with Crippen molar-refractivity contribution in [3.63, 3.8) is 0 Å². The second-order valence-electron chi connectivity index (χ2n) is 11.5. The molecular weight excluding hydrogens is 572 g/mol. The zero-order valence-electron chi connectivity index (χ0n) is 27.5. The van der Waals surface area contributed by atoms with E-state index < -0.39 is 18.3 Å². The summed E-state index contributed by atoms with van der Waals surface area (Å²) in [5.74, 6) is 1.41. The molecule has 10 nitrogen and oxygen atoms in total. The average molecular weight is 623 g/mol. The average Bonchev–Trinajstić information content (AvgIpc) is 3.07. The van der Waals surface area contributed by atoms with E-state index in [1.807, 2.05) is 50.3 Å². The number of rotatable bonds is 16. The number of nitrogens with one attached hydrogen (secondary N) is 1. The Morgan fingerprint density at radius 3 is 2.67 bits per heavy atom. The van der Waals surface area contributed by atoms with Gasteiger partial charge in [0, 0.05) is 56.8 Å². The van der Waals surface area contributed by atoms with E-state index in [1.54, 1.807) is 7.11 Å². The molecule has 0 fully saturated rings. The Kier molecular flexibility index (Phi) is 13.5. The molecule has 0 saturated carbocycles. The van der Waals surface area contributed by atoms with Gasteiger partial charge in [0.2, 0.25) is 0 Å². The fraction of sp³-hybridized carbons (Fsp3) is 0.571. The number of benzene rings is 1. The van der Waals surface area contributed by atoms with Gasteiger partial charge in [-0.25, -0.2) is 4.79 Å². The third-order valence-electron chi connectivity index (χ3n) is 8.10. The first-order valence-corrected chi connectivity index (χ1v) is 16.4. The maximum absolute atomic E-state index is 12.1. The van der Waals surface area contributed by atoms with Gasteiger partial charge in [-0.2, -0.15) is 0 Å². The van der Waals surface area contributed by atoms with E-state index in [-0.39, 0.29) is 12.7 Å². The summed E-state index contributed by atoms with van der Waals surface area (Å²) in [5, 5.41) is 7.09. The van der Waals surface area contributed by atoms with Gasteiger partial charge >= 0.3 is 6.09 Å². The van der Waals surface area contributed by atoms with Crippen LogP contribution in [0.5, 0.6) is 11.5 Å². The summed E-state index contributed by atoms with van der Waals surface area (Å²) in [7, 11) is 1.62. The molecule has 1 aromatic carbocycles.